The first-order chi connectivity index (χ1) is 14.1. The number of anilines is 1. The van der Waals surface area contributed by atoms with Crippen molar-refractivity contribution in [2.24, 2.45) is 0 Å². The summed E-state index contributed by atoms with van der Waals surface area (Å²) in [5, 5.41) is 10.2. The van der Waals surface area contributed by atoms with E-state index in [1.807, 2.05) is 44.4 Å². The van der Waals surface area contributed by atoms with Gasteiger partial charge in [0.2, 0.25) is 0 Å². The molecule has 0 saturated carbocycles. The molecule has 5 rings (SSSR count). The Hall–Kier alpha value is -3.37. The average Bonchev–Trinajstić information content (AvgIpc) is 2.73. The van der Waals surface area contributed by atoms with Crippen LogP contribution in [0.5, 0.6) is 17.2 Å². The highest BCUT2D eigenvalue weighted by molar-refractivity contribution is 5.85. The predicted molar refractivity (Wildman–Crippen MR) is 123 cm³/mol. The van der Waals surface area contributed by atoms with Gasteiger partial charge < -0.3 is 19.5 Å². The van der Waals surface area contributed by atoms with Gasteiger partial charge in [-0.05, 0) is 36.4 Å². The van der Waals surface area contributed by atoms with Gasteiger partial charge in [-0.15, -0.1) is 12.4 Å². The molecule has 0 bridgehead atoms. The molecule has 0 amide bonds. The molecule has 30 heavy (non-hydrogen) atoms. The van der Waals surface area contributed by atoms with Crippen molar-refractivity contribution in [3.8, 4) is 17.2 Å². The summed E-state index contributed by atoms with van der Waals surface area (Å²) < 4.78 is 12.3. The molecular weight excluding hydrogens is 398 g/mol. The minimum Gasteiger partial charge on any atom is -0.508 e. The topological polar surface area (TPSA) is 41.9 Å². The van der Waals surface area contributed by atoms with Crippen LogP contribution < -0.4 is 14.4 Å². The number of benzene rings is 3. The van der Waals surface area contributed by atoms with Gasteiger partial charge in [-0.2, -0.15) is 0 Å². The van der Waals surface area contributed by atoms with E-state index in [2.05, 4.69) is 41.3 Å². The number of phenolic OH excluding ortho intramolecular Hbond substituents is 1. The Labute approximate surface area is 182 Å². The summed E-state index contributed by atoms with van der Waals surface area (Å²) in [4.78, 5) is 2.06. The fraction of sp³-hybridized carbons (Fsp3) is 0.120. The van der Waals surface area contributed by atoms with E-state index in [0.29, 0.717) is 11.5 Å². The molecule has 1 N–H and O–H groups in total. The monoisotopic (exact) mass is 419 g/mol. The van der Waals surface area contributed by atoms with Crippen molar-refractivity contribution in [1.82, 2.24) is 0 Å². The molecule has 3 aromatic carbocycles. The normalized spacial score (nSPS) is 16.1. The molecule has 0 spiro atoms. The Morgan fingerprint density at radius 1 is 0.767 bits per heavy atom. The standard InChI is InChI=1S/C25H21NO3.ClH/c1-26(2)19-10-8-17(9-11-19)22-13-18-12-21(16-6-4-3-5-7-16)28-23-14-20(27)15-24(29-22)25(18)23;/h3-15,18,27H,1-2H3;1H. The van der Waals surface area contributed by atoms with Crippen LogP contribution >= 0.6 is 12.4 Å². The van der Waals surface area contributed by atoms with E-state index in [1.165, 1.54) is 0 Å². The fourth-order valence-electron chi connectivity index (χ4n) is 3.77. The van der Waals surface area contributed by atoms with E-state index in [4.69, 9.17) is 9.47 Å². The SMILES string of the molecule is CN(C)c1ccc(C2=CC3C=C(c4ccccc4)Oc4cc(O)cc(c43)O2)cc1.Cl. The van der Waals surface area contributed by atoms with Crippen molar-refractivity contribution >= 4 is 29.6 Å². The highest BCUT2D eigenvalue weighted by Gasteiger charge is 2.30. The van der Waals surface area contributed by atoms with Crippen molar-refractivity contribution in [2.75, 3.05) is 19.0 Å². The third-order valence-corrected chi connectivity index (χ3v) is 5.25. The first-order valence-electron chi connectivity index (χ1n) is 9.58. The molecule has 0 radical (unpaired) electrons. The molecular formula is C25H22ClNO3. The lowest BCUT2D eigenvalue weighted by Gasteiger charge is -2.30. The smallest absolute Gasteiger partial charge is 0.138 e. The van der Waals surface area contributed by atoms with Crippen LogP contribution in [0.25, 0.3) is 11.5 Å². The Morgan fingerprint density at radius 2 is 1.30 bits per heavy atom. The second-order valence-corrected chi connectivity index (χ2v) is 7.45. The maximum absolute atomic E-state index is 10.2. The van der Waals surface area contributed by atoms with Crippen LogP contribution in [-0.2, 0) is 0 Å². The average molecular weight is 420 g/mol. The predicted octanol–water partition coefficient (Wildman–Crippen LogP) is 5.83. The molecule has 0 saturated heterocycles. The Morgan fingerprint density at radius 3 is 1.83 bits per heavy atom. The zero-order valence-electron chi connectivity index (χ0n) is 16.7. The third-order valence-electron chi connectivity index (χ3n) is 5.25. The third kappa shape index (κ3) is 3.51. The summed E-state index contributed by atoms with van der Waals surface area (Å²) in [7, 11) is 4.04. The van der Waals surface area contributed by atoms with Crippen molar-refractivity contribution in [3.63, 3.8) is 0 Å². The van der Waals surface area contributed by atoms with Crippen molar-refractivity contribution in [3.05, 3.63) is 95.6 Å². The maximum atomic E-state index is 10.2. The largest absolute Gasteiger partial charge is 0.508 e. The number of aromatic hydroxyl groups is 1. The Kier molecular flexibility index (Phi) is 5.18. The molecule has 1 atom stereocenters. The first kappa shape index (κ1) is 19.9. The molecule has 0 fully saturated rings. The summed E-state index contributed by atoms with van der Waals surface area (Å²) in [6.07, 6.45) is 4.22. The second-order valence-electron chi connectivity index (χ2n) is 7.45. The van der Waals surface area contributed by atoms with Crippen LogP contribution in [0, 0.1) is 0 Å². The van der Waals surface area contributed by atoms with Crippen LogP contribution in [0.15, 0.2) is 78.9 Å². The van der Waals surface area contributed by atoms with Crippen molar-refractivity contribution < 1.29 is 14.6 Å². The number of halogens is 1. The zero-order valence-corrected chi connectivity index (χ0v) is 17.5. The number of hydrogen-bond acceptors (Lipinski definition) is 4. The molecule has 2 aliphatic heterocycles. The van der Waals surface area contributed by atoms with Crippen molar-refractivity contribution in [2.45, 2.75) is 5.92 Å². The van der Waals surface area contributed by atoms with E-state index < -0.39 is 0 Å². The van der Waals surface area contributed by atoms with Gasteiger partial charge in [0.05, 0.1) is 0 Å². The maximum Gasteiger partial charge on any atom is 0.138 e. The number of hydrogen-bond donors (Lipinski definition) is 1. The summed E-state index contributed by atoms with van der Waals surface area (Å²) in [5.41, 5.74) is 4.06. The lowest BCUT2D eigenvalue weighted by molar-refractivity contribution is 0.431. The number of phenols is 1. The van der Waals surface area contributed by atoms with E-state index in [0.717, 1.165) is 33.9 Å². The van der Waals surface area contributed by atoms with Crippen molar-refractivity contribution in [1.29, 1.82) is 0 Å². The molecule has 4 nitrogen and oxygen atoms in total. The van der Waals surface area contributed by atoms with Gasteiger partial charge >= 0.3 is 0 Å². The molecule has 0 aliphatic carbocycles. The number of allylic oxidation sites excluding steroid dienone is 2. The molecule has 0 aromatic heterocycles. The van der Waals surface area contributed by atoms with E-state index >= 15 is 0 Å². The molecule has 3 aromatic rings. The minimum absolute atomic E-state index is 0. The first-order valence-corrected chi connectivity index (χ1v) is 9.58. The van der Waals surface area contributed by atoms with Crippen LogP contribution in [-0.4, -0.2) is 19.2 Å². The van der Waals surface area contributed by atoms with Gasteiger partial charge in [0.25, 0.3) is 0 Å². The van der Waals surface area contributed by atoms with E-state index in [9.17, 15) is 5.11 Å². The van der Waals surface area contributed by atoms with Gasteiger partial charge in [-0.1, -0.05) is 30.3 Å². The number of nitrogens with zero attached hydrogens (tertiary/aromatic N) is 1. The van der Waals surface area contributed by atoms with Crippen LogP contribution in [0.2, 0.25) is 0 Å². The molecule has 1 unspecified atom stereocenters. The van der Waals surface area contributed by atoms with Crippen LogP contribution in [0.1, 0.15) is 22.6 Å². The van der Waals surface area contributed by atoms with Gasteiger partial charge in [0.15, 0.2) is 0 Å². The Bertz CT molecular complexity index is 1140. The molecule has 5 heteroatoms. The second kappa shape index (κ2) is 7.81. The quantitative estimate of drug-likeness (QED) is 0.579. The fourth-order valence-corrected chi connectivity index (χ4v) is 3.77. The van der Waals surface area contributed by atoms with Crippen LogP contribution in [0.4, 0.5) is 5.69 Å². The Balaban J connectivity index is 0.00000218. The molecule has 152 valence electrons. The van der Waals surface area contributed by atoms with Gasteiger partial charge in [0.1, 0.15) is 28.8 Å². The summed E-state index contributed by atoms with van der Waals surface area (Å²) in [6, 6.07) is 21.5. The number of ether oxygens (including phenoxy) is 2. The van der Waals surface area contributed by atoms with Crippen LogP contribution in [0.3, 0.4) is 0 Å². The van der Waals surface area contributed by atoms with Gasteiger partial charge in [0, 0.05) is 54.5 Å². The van der Waals surface area contributed by atoms with Gasteiger partial charge in [-0.3, -0.25) is 0 Å². The van der Waals surface area contributed by atoms with E-state index in [1.54, 1.807) is 12.1 Å². The molecule has 2 aliphatic rings. The number of rotatable bonds is 3. The lowest BCUT2D eigenvalue weighted by Crippen LogP contribution is -2.14. The summed E-state index contributed by atoms with van der Waals surface area (Å²) >= 11 is 0. The van der Waals surface area contributed by atoms with E-state index in [-0.39, 0.29) is 24.1 Å². The minimum atomic E-state index is 0. The highest BCUT2D eigenvalue weighted by Crippen LogP contribution is 2.49. The summed E-state index contributed by atoms with van der Waals surface area (Å²) in [6.45, 7) is 0. The van der Waals surface area contributed by atoms with Gasteiger partial charge in [-0.25, -0.2) is 0 Å². The zero-order chi connectivity index (χ0) is 20.0. The summed E-state index contributed by atoms with van der Waals surface area (Å²) in [5.74, 6) is 2.93. The highest BCUT2D eigenvalue weighted by atomic mass is 35.5. The molecule has 2 heterocycles. The lowest BCUT2D eigenvalue weighted by atomic mass is 9.89.